The topological polar surface area (TPSA) is 20.2 Å². The summed E-state index contributed by atoms with van der Waals surface area (Å²) in [6.45, 7) is 4.58. The lowest BCUT2D eigenvalue weighted by Crippen LogP contribution is -1.95. The molecule has 1 heteroatoms. The second-order valence-corrected chi connectivity index (χ2v) is 5.60. The van der Waals surface area contributed by atoms with E-state index >= 15 is 0 Å². The second-order valence-electron chi connectivity index (χ2n) is 5.60. The second kappa shape index (κ2) is 5.26. The van der Waals surface area contributed by atoms with E-state index in [1.54, 1.807) is 0 Å². The zero-order valence-corrected chi connectivity index (χ0v) is 12.1. The standard InChI is InChI=1S/C19H20O/c1-13(2)19-17-8-4-3-6-15(17)12-18(19)16-9-5-7-14(16)10-11-20/h3-8,12,20H,9-11H2,1-2H3. The van der Waals surface area contributed by atoms with Crippen LogP contribution in [-0.4, -0.2) is 11.7 Å². The summed E-state index contributed by atoms with van der Waals surface area (Å²) in [4.78, 5) is 0. The normalized spacial score (nSPS) is 16.8. The Balaban J connectivity index is 2.12. The van der Waals surface area contributed by atoms with E-state index in [0.29, 0.717) is 0 Å². The summed E-state index contributed by atoms with van der Waals surface area (Å²) in [6.07, 6.45) is 8.39. The Hall–Kier alpha value is -1.86. The highest BCUT2D eigenvalue weighted by atomic mass is 16.2. The minimum atomic E-state index is 0.216. The Morgan fingerprint density at radius 1 is 1.20 bits per heavy atom. The first-order valence-electron chi connectivity index (χ1n) is 7.21. The van der Waals surface area contributed by atoms with E-state index in [9.17, 15) is 5.11 Å². The Kier molecular flexibility index (Phi) is 3.45. The molecule has 0 unspecified atom stereocenters. The van der Waals surface area contributed by atoms with Crippen LogP contribution >= 0.6 is 0 Å². The van der Waals surface area contributed by atoms with Crippen molar-refractivity contribution < 1.29 is 5.11 Å². The molecule has 20 heavy (non-hydrogen) atoms. The van der Waals surface area contributed by atoms with E-state index < -0.39 is 0 Å². The predicted molar refractivity (Wildman–Crippen MR) is 85.2 cm³/mol. The number of fused-ring (bicyclic) bond motifs is 1. The van der Waals surface area contributed by atoms with Gasteiger partial charge in [-0.15, -0.1) is 0 Å². The van der Waals surface area contributed by atoms with Gasteiger partial charge in [-0.05, 0) is 66.2 Å². The van der Waals surface area contributed by atoms with E-state index in [0.717, 1.165) is 12.8 Å². The summed E-state index contributed by atoms with van der Waals surface area (Å²) in [5.74, 6) is 0. The first kappa shape index (κ1) is 13.1. The van der Waals surface area contributed by atoms with E-state index in [1.807, 2.05) is 0 Å². The fourth-order valence-corrected chi connectivity index (χ4v) is 3.19. The van der Waals surface area contributed by atoms with Gasteiger partial charge >= 0.3 is 0 Å². The predicted octanol–water partition coefficient (Wildman–Crippen LogP) is 4.52. The highest BCUT2D eigenvalue weighted by Crippen LogP contribution is 2.44. The van der Waals surface area contributed by atoms with Crippen LogP contribution in [0.15, 0.2) is 58.7 Å². The highest BCUT2D eigenvalue weighted by molar-refractivity contribution is 5.99. The third kappa shape index (κ3) is 2.08. The van der Waals surface area contributed by atoms with Gasteiger partial charge in [0, 0.05) is 6.61 Å². The van der Waals surface area contributed by atoms with Crippen LogP contribution in [0.4, 0.5) is 0 Å². The molecule has 0 atom stereocenters. The molecule has 0 radical (unpaired) electrons. The molecule has 2 aliphatic carbocycles. The van der Waals surface area contributed by atoms with E-state index in [-0.39, 0.29) is 6.61 Å². The molecular formula is C19H20O. The minimum Gasteiger partial charge on any atom is -0.396 e. The van der Waals surface area contributed by atoms with Crippen LogP contribution in [0.2, 0.25) is 0 Å². The van der Waals surface area contributed by atoms with E-state index in [4.69, 9.17) is 0 Å². The minimum absolute atomic E-state index is 0.216. The van der Waals surface area contributed by atoms with Crippen molar-refractivity contribution in [3.05, 3.63) is 69.8 Å². The van der Waals surface area contributed by atoms with Crippen LogP contribution in [-0.2, 0) is 0 Å². The molecule has 0 saturated heterocycles. The van der Waals surface area contributed by atoms with Crippen molar-refractivity contribution in [2.45, 2.75) is 26.7 Å². The Morgan fingerprint density at radius 3 is 2.75 bits per heavy atom. The number of allylic oxidation sites excluding steroid dienone is 6. The van der Waals surface area contributed by atoms with E-state index in [1.165, 1.54) is 39.0 Å². The quantitative estimate of drug-likeness (QED) is 0.851. The molecule has 1 N–H and O–H groups in total. The Bertz CT molecular complexity index is 665. The lowest BCUT2D eigenvalue weighted by Gasteiger charge is -2.13. The van der Waals surface area contributed by atoms with E-state index in [2.05, 4.69) is 56.3 Å². The molecule has 0 fully saturated rings. The Morgan fingerprint density at radius 2 is 2.00 bits per heavy atom. The van der Waals surface area contributed by atoms with Crippen molar-refractivity contribution in [2.75, 3.05) is 6.61 Å². The van der Waals surface area contributed by atoms with Gasteiger partial charge in [-0.1, -0.05) is 42.0 Å². The van der Waals surface area contributed by atoms with Gasteiger partial charge < -0.3 is 5.11 Å². The average Bonchev–Trinajstić information content (AvgIpc) is 3.01. The number of aliphatic hydroxyl groups is 1. The van der Waals surface area contributed by atoms with Crippen molar-refractivity contribution in [2.24, 2.45) is 0 Å². The van der Waals surface area contributed by atoms with Crippen LogP contribution in [0.1, 0.15) is 37.8 Å². The van der Waals surface area contributed by atoms with Crippen molar-refractivity contribution in [1.29, 1.82) is 0 Å². The highest BCUT2D eigenvalue weighted by Gasteiger charge is 2.24. The lowest BCUT2D eigenvalue weighted by molar-refractivity contribution is 0.300. The molecule has 3 rings (SSSR count). The smallest absolute Gasteiger partial charge is 0.0471 e. The molecule has 1 aromatic rings. The van der Waals surface area contributed by atoms with Crippen molar-refractivity contribution in [1.82, 2.24) is 0 Å². The van der Waals surface area contributed by atoms with Gasteiger partial charge in [0.2, 0.25) is 0 Å². The lowest BCUT2D eigenvalue weighted by atomic mass is 9.91. The van der Waals surface area contributed by atoms with Crippen LogP contribution in [0.5, 0.6) is 0 Å². The van der Waals surface area contributed by atoms with Gasteiger partial charge in [-0.25, -0.2) is 0 Å². The monoisotopic (exact) mass is 264 g/mol. The van der Waals surface area contributed by atoms with Gasteiger partial charge in [0.1, 0.15) is 0 Å². The molecule has 0 bridgehead atoms. The molecule has 102 valence electrons. The van der Waals surface area contributed by atoms with Crippen LogP contribution < -0.4 is 0 Å². The number of rotatable bonds is 3. The first-order valence-corrected chi connectivity index (χ1v) is 7.21. The average molecular weight is 264 g/mol. The van der Waals surface area contributed by atoms with Crippen molar-refractivity contribution >= 4 is 11.6 Å². The maximum Gasteiger partial charge on any atom is 0.0471 e. The van der Waals surface area contributed by atoms with Gasteiger partial charge in [0.05, 0.1) is 0 Å². The molecule has 1 aromatic carbocycles. The molecule has 0 aliphatic heterocycles. The number of hydrogen-bond donors (Lipinski definition) is 1. The van der Waals surface area contributed by atoms with Gasteiger partial charge in [-0.3, -0.25) is 0 Å². The summed E-state index contributed by atoms with van der Waals surface area (Å²) >= 11 is 0. The first-order chi connectivity index (χ1) is 9.72. The molecule has 1 nitrogen and oxygen atoms in total. The van der Waals surface area contributed by atoms with Gasteiger partial charge in [0.25, 0.3) is 0 Å². The number of hydrogen-bond acceptors (Lipinski definition) is 1. The molecule has 2 aliphatic rings. The molecule has 0 aromatic heterocycles. The molecule has 0 saturated carbocycles. The fraction of sp³-hybridized carbons (Fsp3) is 0.263. The van der Waals surface area contributed by atoms with Gasteiger partial charge in [-0.2, -0.15) is 0 Å². The summed E-state index contributed by atoms with van der Waals surface area (Å²) in [6, 6.07) is 8.58. The fourth-order valence-electron chi connectivity index (χ4n) is 3.19. The summed E-state index contributed by atoms with van der Waals surface area (Å²) < 4.78 is 0. The zero-order chi connectivity index (χ0) is 14.1. The van der Waals surface area contributed by atoms with Crippen LogP contribution in [0.25, 0.3) is 11.6 Å². The third-order valence-corrected chi connectivity index (χ3v) is 4.03. The zero-order valence-electron chi connectivity index (χ0n) is 12.1. The van der Waals surface area contributed by atoms with Gasteiger partial charge in [0.15, 0.2) is 0 Å². The van der Waals surface area contributed by atoms with Crippen molar-refractivity contribution in [3.63, 3.8) is 0 Å². The molecular weight excluding hydrogens is 244 g/mol. The van der Waals surface area contributed by atoms with Crippen molar-refractivity contribution in [3.8, 4) is 0 Å². The van der Waals surface area contributed by atoms with Crippen LogP contribution in [0.3, 0.4) is 0 Å². The summed E-state index contributed by atoms with van der Waals surface area (Å²) in [5.41, 5.74) is 9.38. The summed E-state index contributed by atoms with van der Waals surface area (Å²) in [7, 11) is 0. The molecule has 0 heterocycles. The molecule has 0 spiro atoms. The SMILES string of the molecule is CC(C)=C1C(C2=C(CCO)C=CC2)=Cc2ccccc21. The third-order valence-electron chi connectivity index (χ3n) is 4.03. The molecule has 0 amide bonds. The summed E-state index contributed by atoms with van der Waals surface area (Å²) in [5, 5.41) is 9.24. The Labute approximate surface area is 120 Å². The maximum atomic E-state index is 9.24. The number of aliphatic hydroxyl groups excluding tert-OH is 1. The number of benzene rings is 1. The largest absolute Gasteiger partial charge is 0.396 e. The van der Waals surface area contributed by atoms with Crippen LogP contribution in [0, 0.1) is 0 Å². The maximum absolute atomic E-state index is 9.24.